The van der Waals surface area contributed by atoms with Crippen LogP contribution in [0.3, 0.4) is 0 Å². The van der Waals surface area contributed by atoms with Gasteiger partial charge in [-0.1, -0.05) is 11.3 Å². The quantitative estimate of drug-likeness (QED) is 0.604. The van der Waals surface area contributed by atoms with Gasteiger partial charge in [0.2, 0.25) is 0 Å². The lowest BCUT2D eigenvalue weighted by Crippen LogP contribution is -1.98. The van der Waals surface area contributed by atoms with Gasteiger partial charge in [0.1, 0.15) is 11.1 Å². The highest BCUT2D eigenvalue weighted by Crippen LogP contribution is 2.31. The Morgan fingerprint density at radius 2 is 2.08 bits per heavy atom. The van der Waals surface area contributed by atoms with E-state index in [0.29, 0.717) is 16.9 Å². The van der Waals surface area contributed by atoms with Crippen LogP contribution in [0, 0.1) is 18.3 Å². The van der Waals surface area contributed by atoms with Crippen molar-refractivity contribution in [3.8, 4) is 28.0 Å². The molecule has 24 heavy (non-hydrogen) atoms. The van der Waals surface area contributed by atoms with Gasteiger partial charge in [-0.15, -0.1) is 10.2 Å². The average molecular weight is 333 g/mol. The molecule has 0 fully saturated rings. The maximum Gasteiger partial charge on any atom is 0.151 e. The third-order valence-corrected chi connectivity index (χ3v) is 4.46. The zero-order valence-electron chi connectivity index (χ0n) is 12.6. The Morgan fingerprint density at radius 3 is 2.79 bits per heavy atom. The molecule has 2 N–H and O–H groups in total. The maximum atomic E-state index is 8.96. The summed E-state index contributed by atoms with van der Waals surface area (Å²) in [4.78, 5) is 4.49. The van der Waals surface area contributed by atoms with Crippen molar-refractivity contribution in [1.82, 2.24) is 24.8 Å². The monoisotopic (exact) mass is 333 g/mol. The molecule has 0 aliphatic heterocycles. The number of nitrogens with two attached hydrogens (primary N) is 1. The second-order valence-electron chi connectivity index (χ2n) is 5.19. The number of hydrogen-bond acceptors (Lipinski definition) is 7. The van der Waals surface area contributed by atoms with Crippen LogP contribution in [0.5, 0.6) is 0 Å². The van der Waals surface area contributed by atoms with E-state index in [2.05, 4.69) is 26.3 Å². The molecule has 0 aromatic carbocycles. The molecule has 0 bridgehead atoms. The molecule has 0 spiro atoms. The van der Waals surface area contributed by atoms with Crippen molar-refractivity contribution in [2.75, 3.05) is 5.73 Å². The number of nitrogen functional groups attached to an aromatic ring is 1. The fraction of sp³-hybridized carbons (Fsp3) is 0.0625. The molecule has 0 radical (unpaired) electrons. The van der Waals surface area contributed by atoms with Gasteiger partial charge in [0, 0.05) is 11.9 Å². The minimum atomic E-state index is 0.515. The van der Waals surface area contributed by atoms with Crippen molar-refractivity contribution in [2.24, 2.45) is 0 Å². The number of fused-ring (bicyclic) bond motifs is 1. The molecule has 0 saturated carbocycles. The van der Waals surface area contributed by atoms with Crippen LogP contribution in [0.1, 0.15) is 10.6 Å². The molecular weight excluding hydrogens is 322 g/mol. The second kappa shape index (κ2) is 5.40. The topological polar surface area (TPSA) is 106 Å². The molecule has 4 heterocycles. The average Bonchev–Trinajstić information content (AvgIpc) is 3.20. The van der Waals surface area contributed by atoms with E-state index >= 15 is 0 Å². The first-order valence-electron chi connectivity index (χ1n) is 7.10. The summed E-state index contributed by atoms with van der Waals surface area (Å²) in [6.07, 6.45) is 3.23. The van der Waals surface area contributed by atoms with Crippen LogP contribution in [-0.4, -0.2) is 24.8 Å². The summed E-state index contributed by atoms with van der Waals surface area (Å²) < 4.78 is 1.73. The van der Waals surface area contributed by atoms with Gasteiger partial charge in [-0.05, 0) is 31.2 Å². The zero-order chi connectivity index (χ0) is 16.7. The molecule has 8 heteroatoms. The number of anilines is 1. The first kappa shape index (κ1) is 14.3. The SMILES string of the molecule is Cc1nnc(-c2cnc(-c3ccc4cc(C#N)cnn34)cc2N)s1. The van der Waals surface area contributed by atoms with Gasteiger partial charge in [-0.25, -0.2) is 4.52 Å². The largest absolute Gasteiger partial charge is 0.398 e. The summed E-state index contributed by atoms with van der Waals surface area (Å²) in [5.41, 5.74) is 10.4. The third-order valence-electron chi connectivity index (χ3n) is 3.58. The van der Waals surface area contributed by atoms with Crippen LogP contribution in [-0.2, 0) is 0 Å². The van der Waals surface area contributed by atoms with Crippen LogP contribution >= 0.6 is 11.3 Å². The van der Waals surface area contributed by atoms with Crippen LogP contribution in [0.15, 0.2) is 36.7 Å². The lowest BCUT2D eigenvalue weighted by molar-refractivity contribution is 0.939. The number of rotatable bonds is 2. The maximum absolute atomic E-state index is 8.96. The van der Waals surface area contributed by atoms with E-state index in [9.17, 15) is 0 Å². The molecule has 0 amide bonds. The van der Waals surface area contributed by atoms with Gasteiger partial charge >= 0.3 is 0 Å². The number of hydrogen-bond donors (Lipinski definition) is 1. The molecular formula is C16H11N7S. The van der Waals surface area contributed by atoms with Gasteiger partial charge in [-0.3, -0.25) is 4.98 Å². The Labute approximate surface area is 141 Å². The highest BCUT2D eigenvalue weighted by atomic mass is 32.1. The number of pyridine rings is 1. The highest BCUT2D eigenvalue weighted by molar-refractivity contribution is 7.14. The summed E-state index contributed by atoms with van der Waals surface area (Å²) in [5.74, 6) is 0. The summed E-state index contributed by atoms with van der Waals surface area (Å²) in [6, 6.07) is 9.45. The zero-order valence-corrected chi connectivity index (χ0v) is 13.4. The van der Waals surface area contributed by atoms with E-state index in [-0.39, 0.29) is 0 Å². The normalized spacial score (nSPS) is 10.8. The smallest absolute Gasteiger partial charge is 0.151 e. The molecule has 4 aromatic rings. The molecule has 0 aliphatic rings. The van der Waals surface area contributed by atoms with E-state index in [1.165, 1.54) is 17.5 Å². The number of nitrogens with zero attached hydrogens (tertiary/aromatic N) is 6. The molecule has 0 atom stereocenters. The molecule has 4 rings (SSSR count). The number of nitriles is 1. The van der Waals surface area contributed by atoms with Gasteiger partial charge in [0.05, 0.1) is 34.2 Å². The number of aryl methyl sites for hydroxylation is 1. The van der Waals surface area contributed by atoms with Crippen molar-refractivity contribution >= 4 is 22.5 Å². The third kappa shape index (κ3) is 2.28. The first-order chi connectivity index (χ1) is 11.7. The van der Waals surface area contributed by atoms with E-state index in [0.717, 1.165) is 26.8 Å². The predicted molar refractivity (Wildman–Crippen MR) is 91.2 cm³/mol. The molecule has 0 aliphatic carbocycles. The molecule has 0 saturated heterocycles. The van der Waals surface area contributed by atoms with E-state index in [4.69, 9.17) is 11.0 Å². The molecule has 116 valence electrons. The Hall–Kier alpha value is -3.31. The van der Waals surface area contributed by atoms with Crippen molar-refractivity contribution in [3.63, 3.8) is 0 Å². The standard InChI is InChI=1S/C16H11N7S/c1-9-21-22-16(24-9)12-8-19-14(5-13(12)18)15-3-2-11-4-10(6-17)7-20-23(11)15/h2-5,7-8H,1H3,(H2,18,19). The van der Waals surface area contributed by atoms with E-state index in [1.54, 1.807) is 22.8 Å². The Kier molecular flexibility index (Phi) is 3.22. The summed E-state index contributed by atoms with van der Waals surface area (Å²) in [6.45, 7) is 1.90. The molecule has 4 aromatic heterocycles. The minimum Gasteiger partial charge on any atom is -0.398 e. The highest BCUT2D eigenvalue weighted by Gasteiger charge is 2.13. The molecule has 0 unspecified atom stereocenters. The van der Waals surface area contributed by atoms with Crippen molar-refractivity contribution in [3.05, 3.63) is 47.2 Å². The Balaban J connectivity index is 1.80. The second-order valence-corrected chi connectivity index (χ2v) is 6.38. The summed E-state index contributed by atoms with van der Waals surface area (Å²) in [7, 11) is 0. The van der Waals surface area contributed by atoms with Gasteiger partial charge in [-0.2, -0.15) is 10.4 Å². The van der Waals surface area contributed by atoms with E-state index in [1.807, 2.05) is 19.1 Å². The van der Waals surface area contributed by atoms with Gasteiger partial charge < -0.3 is 5.73 Å². The van der Waals surface area contributed by atoms with Crippen molar-refractivity contribution < 1.29 is 0 Å². The molecule has 7 nitrogen and oxygen atoms in total. The van der Waals surface area contributed by atoms with Crippen LogP contribution in [0.4, 0.5) is 5.69 Å². The first-order valence-corrected chi connectivity index (χ1v) is 7.91. The Bertz CT molecular complexity index is 1100. The fourth-order valence-electron chi connectivity index (χ4n) is 2.45. The van der Waals surface area contributed by atoms with Gasteiger partial charge in [0.15, 0.2) is 5.01 Å². The predicted octanol–water partition coefficient (Wildman–Crippen LogP) is 2.68. The van der Waals surface area contributed by atoms with Gasteiger partial charge in [0.25, 0.3) is 0 Å². The lowest BCUT2D eigenvalue weighted by atomic mass is 10.2. The minimum absolute atomic E-state index is 0.515. The van der Waals surface area contributed by atoms with E-state index < -0.39 is 0 Å². The van der Waals surface area contributed by atoms with Crippen LogP contribution in [0.2, 0.25) is 0 Å². The number of aromatic nitrogens is 5. The summed E-state index contributed by atoms with van der Waals surface area (Å²) in [5, 5.41) is 23.0. The van der Waals surface area contributed by atoms with Crippen LogP contribution in [0.25, 0.3) is 27.5 Å². The van der Waals surface area contributed by atoms with Crippen LogP contribution < -0.4 is 5.73 Å². The van der Waals surface area contributed by atoms with Crippen molar-refractivity contribution in [2.45, 2.75) is 6.92 Å². The van der Waals surface area contributed by atoms with Crippen molar-refractivity contribution in [1.29, 1.82) is 5.26 Å². The summed E-state index contributed by atoms with van der Waals surface area (Å²) >= 11 is 1.47. The lowest BCUT2D eigenvalue weighted by Gasteiger charge is -2.05. The Morgan fingerprint density at radius 1 is 1.21 bits per heavy atom. The fourth-order valence-corrected chi connectivity index (χ4v) is 3.17.